The van der Waals surface area contributed by atoms with Gasteiger partial charge in [0.05, 0.1) is 12.6 Å². The summed E-state index contributed by atoms with van der Waals surface area (Å²) in [6.45, 7) is 0.460. The van der Waals surface area contributed by atoms with Gasteiger partial charge in [0.1, 0.15) is 23.2 Å². The fourth-order valence-electron chi connectivity index (χ4n) is 6.98. The summed E-state index contributed by atoms with van der Waals surface area (Å²) < 4.78 is 6.57. The highest BCUT2D eigenvalue weighted by atomic mass is 16.3. The van der Waals surface area contributed by atoms with E-state index in [2.05, 4.69) is 133 Å². The molecule has 0 aliphatic heterocycles. The summed E-state index contributed by atoms with van der Waals surface area (Å²) in [5.41, 5.74) is 25.0. The van der Waals surface area contributed by atoms with Gasteiger partial charge in [0, 0.05) is 21.9 Å². The number of rotatable bonds is 9. The van der Waals surface area contributed by atoms with Crippen LogP contribution in [0.2, 0.25) is 0 Å². The van der Waals surface area contributed by atoms with Gasteiger partial charge < -0.3 is 21.2 Å². The first-order valence-electron chi connectivity index (χ1n) is 17.5. The molecule has 5 N–H and O–H groups in total. The van der Waals surface area contributed by atoms with Crippen molar-refractivity contribution in [1.82, 2.24) is 5.32 Å². The van der Waals surface area contributed by atoms with Crippen LogP contribution in [0.1, 0.15) is 47.3 Å². The maximum Gasteiger partial charge on any atom is 0.143 e. The van der Waals surface area contributed by atoms with E-state index in [1.165, 1.54) is 11.1 Å². The molecule has 0 radical (unpaired) electrons. The minimum absolute atomic E-state index is 0.172. The molecule has 2 atom stereocenters. The van der Waals surface area contributed by atoms with Gasteiger partial charge in [0.25, 0.3) is 0 Å². The Morgan fingerprint density at radius 2 is 1.45 bits per heavy atom. The third kappa shape index (κ3) is 6.78. The molecule has 0 spiro atoms. The van der Waals surface area contributed by atoms with E-state index in [0.717, 1.165) is 79.6 Å². The standard InChI is InChI=1S/C46H40N4O/c47-43(33-15-6-2-7-16-33)38-20-11-10-19-37(38)30-49-46(50-45(48)34-17-8-3-9-18-34)35-25-23-32(24-26-35)39-21-12-22-41-40-28-27-36(29-42(40)51-44(39)41)31-13-4-1-5-14-31/h1-6,8-15,17-29,43,45H,7,16,30,47-48H2,(H,49,50). The van der Waals surface area contributed by atoms with Crippen molar-refractivity contribution in [3.63, 3.8) is 0 Å². The number of hydrogen-bond acceptors (Lipinski definition) is 4. The highest BCUT2D eigenvalue weighted by molar-refractivity contribution is 6.10. The minimum Gasteiger partial charge on any atom is -0.455 e. The summed E-state index contributed by atoms with van der Waals surface area (Å²) in [6.07, 6.45) is 7.98. The van der Waals surface area contributed by atoms with Crippen molar-refractivity contribution < 1.29 is 4.42 Å². The quantitative estimate of drug-likeness (QED) is 0.0814. The number of nitrogens with zero attached hydrogens (tertiary/aromatic N) is 1. The molecular weight excluding hydrogens is 625 g/mol. The summed E-state index contributed by atoms with van der Waals surface area (Å²) in [4.78, 5) is 5.15. The Hall–Kier alpha value is -6.01. The lowest BCUT2D eigenvalue weighted by Crippen LogP contribution is -2.34. The average Bonchev–Trinajstić information content (AvgIpc) is 3.58. The van der Waals surface area contributed by atoms with Gasteiger partial charge in [-0.25, -0.2) is 0 Å². The molecule has 6 aromatic carbocycles. The number of nitrogens with one attached hydrogen (secondary N) is 1. The van der Waals surface area contributed by atoms with Crippen molar-refractivity contribution in [2.45, 2.75) is 31.6 Å². The smallest absolute Gasteiger partial charge is 0.143 e. The van der Waals surface area contributed by atoms with E-state index in [1.807, 2.05) is 36.4 Å². The predicted molar refractivity (Wildman–Crippen MR) is 211 cm³/mol. The summed E-state index contributed by atoms with van der Waals surface area (Å²) >= 11 is 0. The lowest BCUT2D eigenvalue weighted by molar-refractivity contribution is 0.670. The molecule has 1 aromatic heterocycles. The molecule has 0 fully saturated rings. The highest BCUT2D eigenvalue weighted by Gasteiger charge is 2.18. The molecule has 1 aliphatic carbocycles. The molecule has 0 saturated heterocycles. The van der Waals surface area contributed by atoms with Gasteiger partial charge in [-0.3, -0.25) is 4.99 Å². The second-order valence-electron chi connectivity index (χ2n) is 13.0. The maximum absolute atomic E-state index is 6.82. The number of benzene rings is 6. The molecule has 5 heteroatoms. The minimum atomic E-state index is -0.439. The van der Waals surface area contributed by atoms with Crippen molar-refractivity contribution in [3.05, 3.63) is 192 Å². The van der Waals surface area contributed by atoms with Gasteiger partial charge in [-0.05, 0) is 63.9 Å². The van der Waals surface area contributed by atoms with Gasteiger partial charge in [-0.1, -0.05) is 152 Å². The zero-order valence-corrected chi connectivity index (χ0v) is 28.4. The lowest BCUT2D eigenvalue weighted by Gasteiger charge is -2.21. The number of aliphatic imine (C=N–C) groups is 1. The van der Waals surface area contributed by atoms with Crippen LogP contribution in [0.5, 0.6) is 0 Å². The Morgan fingerprint density at radius 1 is 0.706 bits per heavy atom. The summed E-state index contributed by atoms with van der Waals surface area (Å²) in [7, 11) is 0. The Morgan fingerprint density at radius 3 is 2.24 bits per heavy atom. The van der Waals surface area contributed by atoms with Crippen LogP contribution in [0.25, 0.3) is 44.2 Å². The average molecular weight is 665 g/mol. The third-order valence-corrected chi connectivity index (χ3v) is 9.77. The van der Waals surface area contributed by atoms with Gasteiger partial charge in [-0.15, -0.1) is 0 Å². The number of para-hydroxylation sites is 1. The molecule has 1 heterocycles. The fraction of sp³-hybridized carbons (Fsp3) is 0.109. The first-order chi connectivity index (χ1) is 25.1. The number of amidine groups is 1. The molecule has 0 bridgehead atoms. The van der Waals surface area contributed by atoms with E-state index in [0.29, 0.717) is 6.54 Å². The summed E-state index contributed by atoms with van der Waals surface area (Å²) in [5.74, 6) is 0.719. The van der Waals surface area contributed by atoms with Gasteiger partial charge in [0.2, 0.25) is 0 Å². The first-order valence-corrected chi connectivity index (χ1v) is 17.5. The van der Waals surface area contributed by atoms with Crippen LogP contribution < -0.4 is 16.8 Å². The molecule has 1 aliphatic rings. The van der Waals surface area contributed by atoms with Gasteiger partial charge in [0.15, 0.2) is 0 Å². The molecule has 250 valence electrons. The summed E-state index contributed by atoms with van der Waals surface area (Å²) in [5, 5.41) is 5.72. The molecule has 5 nitrogen and oxygen atoms in total. The zero-order chi connectivity index (χ0) is 34.6. The Balaban J connectivity index is 1.13. The van der Waals surface area contributed by atoms with E-state index in [-0.39, 0.29) is 6.04 Å². The molecule has 51 heavy (non-hydrogen) atoms. The maximum atomic E-state index is 6.82. The van der Waals surface area contributed by atoms with E-state index in [4.69, 9.17) is 20.9 Å². The Kier molecular flexibility index (Phi) is 9.13. The van der Waals surface area contributed by atoms with Crippen LogP contribution in [0.3, 0.4) is 0 Å². The molecular formula is C46H40N4O. The van der Waals surface area contributed by atoms with Crippen molar-refractivity contribution in [3.8, 4) is 22.3 Å². The van der Waals surface area contributed by atoms with Crippen LogP contribution in [-0.4, -0.2) is 5.84 Å². The number of furan rings is 1. The van der Waals surface area contributed by atoms with Crippen LogP contribution in [0, 0.1) is 0 Å². The summed E-state index contributed by atoms with van der Waals surface area (Å²) in [6, 6.07) is 49.9. The SMILES string of the molecule is NC(NC(=NCc1ccccc1C(N)C1=CC=CCC1)c1ccc(-c2cccc3c2oc2cc(-c4ccccc4)ccc23)cc1)c1ccccc1. The number of hydrogen-bond donors (Lipinski definition) is 3. The largest absolute Gasteiger partial charge is 0.455 e. The number of allylic oxidation sites excluding steroid dienone is 3. The van der Waals surface area contributed by atoms with Gasteiger partial charge >= 0.3 is 0 Å². The van der Waals surface area contributed by atoms with Crippen LogP contribution in [-0.2, 0) is 6.54 Å². The van der Waals surface area contributed by atoms with Crippen molar-refractivity contribution in [2.24, 2.45) is 16.5 Å². The van der Waals surface area contributed by atoms with Crippen LogP contribution in [0.4, 0.5) is 0 Å². The monoisotopic (exact) mass is 664 g/mol. The normalized spacial score (nSPS) is 14.4. The van der Waals surface area contributed by atoms with Crippen molar-refractivity contribution >= 4 is 27.8 Å². The third-order valence-electron chi connectivity index (χ3n) is 9.77. The molecule has 0 saturated carbocycles. The predicted octanol–water partition coefficient (Wildman–Crippen LogP) is 10.4. The number of nitrogens with two attached hydrogens (primary N) is 2. The topological polar surface area (TPSA) is 89.6 Å². The van der Waals surface area contributed by atoms with E-state index < -0.39 is 6.17 Å². The van der Waals surface area contributed by atoms with Crippen LogP contribution >= 0.6 is 0 Å². The van der Waals surface area contributed by atoms with E-state index in [9.17, 15) is 0 Å². The number of fused-ring (bicyclic) bond motifs is 3. The molecule has 8 rings (SSSR count). The van der Waals surface area contributed by atoms with Gasteiger partial charge in [-0.2, -0.15) is 0 Å². The molecule has 7 aromatic rings. The zero-order valence-electron chi connectivity index (χ0n) is 28.4. The van der Waals surface area contributed by atoms with E-state index >= 15 is 0 Å². The second kappa shape index (κ2) is 14.5. The first kappa shape index (κ1) is 32.2. The molecule has 2 unspecified atom stereocenters. The van der Waals surface area contributed by atoms with Crippen molar-refractivity contribution in [1.29, 1.82) is 0 Å². The molecule has 0 amide bonds. The van der Waals surface area contributed by atoms with Crippen LogP contribution in [0.15, 0.2) is 179 Å². The lowest BCUT2D eigenvalue weighted by atomic mass is 9.90. The second-order valence-corrected chi connectivity index (χ2v) is 13.0. The Labute approximate surface area is 298 Å². The highest BCUT2D eigenvalue weighted by Crippen LogP contribution is 2.37. The fourth-order valence-corrected chi connectivity index (χ4v) is 6.98. The Bertz CT molecular complexity index is 2390. The van der Waals surface area contributed by atoms with E-state index in [1.54, 1.807) is 0 Å². The van der Waals surface area contributed by atoms with Crippen molar-refractivity contribution in [2.75, 3.05) is 0 Å².